The molecule has 3 rings (SSSR count). The molecule has 0 saturated carbocycles. The summed E-state index contributed by atoms with van der Waals surface area (Å²) in [6.45, 7) is 0.969. The third-order valence-electron chi connectivity index (χ3n) is 4.73. The van der Waals surface area contributed by atoms with E-state index in [4.69, 9.17) is 23.2 Å². The van der Waals surface area contributed by atoms with Crippen LogP contribution in [0, 0.1) is 5.92 Å². The van der Waals surface area contributed by atoms with Crippen LogP contribution in [0.5, 0.6) is 5.75 Å². The van der Waals surface area contributed by atoms with Crippen molar-refractivity contribution in [3.05, 3.63) is 64.1 Å². The Labute approximate surface area is 173 Å². The molecule has 1 aliphatic rings. The molecular weight excluding hydrogens is 399 g/mol. The van der Waals surface area contributed by atoms with Crippen molar-refractivity contribution in [1.29, 1.82) is 0 Å². The van der Waals surface area contributed by atoms with Crippen molar-refractivity contribution in [2.45, 2.75) is 12.8 Å². The lowest BCUT2D eigenvalue weighted by Gasteiger charge is -2.30. The molecule has 2 aromatic carbocycles. The lowest BCUT2D eigenvalue weighted by Crippen LogP contribution is -2.40. The van der Waals surface area contributed by atoms with Gasteiger partial charge in [0.15, 0.2) is 0 Å². The van der Waals surface area contributed by atoms with Gasteiger partial charge >= 0.3 is 0 Å². The predicted molar refractivity (Wildman–Crippen MR) is 112 cm³/mol. The summed E-state index contributed by atoms with van der Waals surface area (Å²) in [6.07, 6.45) is 4.19. The average Bonchev–Trinajstić information content (AvgIpc) is 2.69. The second kappa shape index (κ2) is 9.13. The highest BCUT2D eigenvalue weighted by Gasteiger charge is 2.27. The summed E-state index contributed by atoms with van der Waals surface area (Å²) in [5, 5.41) is 13.5. The third-order valence-corrected chi connectivity index (χ3v) is 5.39. The Morgan fingerprint density at radius 3 is 2.32 bits per heavy atom. The van der Waals surface area contributed by atoms with E-state index in [1.54, 1.807) is 47.4 Å². The van der Waals surface area contributed by atoms with E-state index in [1.165, 1.54) is 12.1 Å². The molecule has 0 bridgehead atoms. The summed E-state index contributed by atoms with van der Waals surface area (Å²) in [5.74, 6) is -0.458. The number of piperidine rings is 1. The molecule has 2 aromatic rings. The molecule has 0 radical (unpaired) electrons. The fourth-order valence-electron chi connectivity index (χ4n) is 3.11. The van der Waals surface area contributed by atoms with Crippen molar-refractivity contribution in [2.75, 3.05) is 18.4 Å². The van der Waals surface area contributed by atoms with E-state index in [9.17, 15) is 14.7 Å². The van der Waals surface area contributed by atoms with Gasteiger partial charge in [-0.3, -0.25) is 9.59 Å². The molecule has 1 saturated heterocycles. The Bertz CT molecular complexity index is 886. The van der Waals surface area contributed by atoms with Gasteiger partial charge in [-0.25, -0.2) is 0 Å². The number of carbonyl (C=O) groups is 2. The summed E-state index contributed by atoms with van der Waals surface area (Å²) in [7, 11) is 0. The average molecular weight is 419 g/mol. The molecule has 146 valence electrons. The van der Waals surface area contributed by atoms with Gasteiger partial charge in [0.2, 0.25) is 11.8 Å². The normalized spacial score (nSPS) is 15.0. The number of anilines is 1. The zero-order valence-corrected chi connectivity index (χ0v) is 16.6. The second-order valence-electron chi connectivity index (χ2n) is 6.57. The van der Waals surface area contributed by atoms with E-state index < -0.39 is 0 Å². The largest absolute Gasteiger partial charge is 0.506 e. The van der Waals surface area contributed by atoms with Gasteiger partial charge in [-0.05, 0) is 43.2 Å². The number of nitrogens with zero attached hydrogens (tertiary/aromatic N) is 1. The van der Waals surface area contributed by atoms with Gasteiger partial charge in [-0.15, -0.1) is 0 Å². The molecule has 1 fully saturated rings. The van der Waals surface area contributed by atoms with Crippen LogP contribution in [0.1, 0.15) is 18.4 Å². The second-order valence-corrected chi connectivity index (χ2v) is 7.39. The summed E-state index contributed by atoms with van der Waals surface area (Å²) >= 11 is 12.2. The lowest BCUT2D eigenvalue weighted by atomic mass is 9.95. The minimum absolute atomic E-state index is 0.0341. The first-order chi connectivity index (χ1) is 13.5. The standard InChI is InChI=1S/C21H20Cl2N2O3/c22-16-4-3-5-17(23)15(16)8-9-20(27)25-12-10-14(11-13-25)21(28)24-18-6-1-2-7-19(18)26/h1-9,14,26H,10-13H2,(H,24,28)/b9-8+. The fraction of sp³-hybridized carbons (Fsp3) is 0.238. The maximum absolute atomic E-state index is 12.4. The molecule has 1 aliphatic heterocycles. The van der Waals surface area contributed by atoms with Gasteiger partial charge in [0.05, 0.1) is 5.69 Å². The Balaban J connectivity index is 1.55. The number of phenols is 1. The number of carbonyl (C=O) groups excluding carboxylic acids is 2. The molecule has 7 heteroatoms. The Kier molecular flexibility index (Phi) is 6.60. The lowest BCUT2D eigenvalue weighted by molar-refractivity contribution is -0.130. The number of aromatic hydroxyl groups is 1. The number of amides is 2. The Morgan fingerprint density at radius 2 is 1.68 bits per heavy atom. The first-order valence-corrected chi connectivity index (χ1v) is 9.71. The van der Waals surface area contributed by atoms with E-state index in [0.717, 1.165) is 0 Å². The zero-order chi connectivity index (χ0) is 20.1. The van der Waals surface area contributed by atoms with Crippen molar-refractivity contribution < 1.29 is 14.7 Å². The number of hydrogen-bond donors (Lipinski definition) is 2. The fourth-order valence-corrected chi connectivity index (χ4v) is 3.63. The number of hydrogen-bond acceptors (Lipinski definition) is 3. The third kappa shape index (κ3) is 4.86. The first-order valence-electron chi connectivity index (χ1n) is 8.95. The quantitative estimate of drug-likeness (QED) is 0.563. The van der Waals surface area contributed by atoms with E-state index >= 15 is 0 Å². The Hall–Kier alpha value is -2.50. The van der Waals surface area contributed by atoms with Crippen LogP contribution in [0.3, 0.4) is 0 Å². The first kappa shape index (κ1) is 20.2. The van der Waals surface area contributed by atoms with Crippen molar-refractivity contribution in [1.82, 2.24) is 4.90 Å². The van der Waals surface area contributed by atoms with E-state index in [0.29, 0.717) is 47.2 Å². The van der Waals surface area contributed by atoms with Crippen molar-refractivity contribution in [3.8, 4) is 5.75 Å². The monoisotopic (exact) mass is 418 g/mol. The number of halogens is 2. The van der Waals surface area contributed by atoms with Gasteiger partial charge in [-0.2, -0.15) is 0 Å². The van der Waals surface area contributed by atoms with Crippen LogP contribution in [0.2, 0.25) is 10.0 Å². The van der Waals surface area contributed by atoms with Gasteiger partial charge < -0.3 is 15.3 Å². The molecule has 0 spiro atoms. The van der Waals surface area contributed by atoms with E-state index in [2.05, 4.69) is 5.32 Å². The summed E-state index contributed by atoms with van der Waals surface area (Å²) in [4.78, 5) is 26.5. The summed E-state index contributed by atoms with van der Waals surface area (Å²) in [6, 6.07) is 11.8. The van der Waals surface area contributed by atoms with Crippen LogP contribution >= 0.6 is 23.2 Å². The molecule has 2 amide bonds. The van der Waals surface area contributed by atoms with Gasteiger partial charge in [0.1, 0.15) is 5.75 Å². The topological polar surface area (TPSA) is 69.6 Å². The Morgan fingerprint density at radius 1 is 1.04 bits per heavy atom. The number of benzene rings is 2. The smallest absolute Gasteiger partial charge is 0.246 e. The van der Waals surface area contributed by atoms with E-state index in [-0.39, 0.29) is 23.5 Å². The van der Waals surface area contributed by atoms with Crippen molar-refractivity contribution in [3.63, 3.8) is 0 Å². The maximum Gasteiger partial charge on any atom is 0.246 e. The van der Waals surface area contributed by atoms with Crippen LogP contribution in [0.4, 0.5) is 5.69 Å². The molecule has 0 aliphatic carbocycles. The van der Waals surface area contributed by atoms with Crippen LogP contribution in [-0.4, -0.2) is 34.9 Å². The van der Waals surface area contributed by atoms with Crippen LogP contribution in [0.25, 0.3) is 6.08 Å². The van der Waals surface area contributed by atoms with Crippen LogP contribution < -0.4 is 5.32 Å². The molecule has 5 nitrogen and oxygen atoms in total. The molecule has 0 aromatic heterocycles. The number of para-hydroxylation sites is 2. The van der Waals surface area contributed by atoms with Gasteiger partial charge in [-0.1, -0.05) is 41.4 Å². The molecule has 1 heterocycles. The minimum atomic E-state index is -0.203. The summed E-state index contributed by atoms with van der Waals surface area (Å²) < 4.78 is 0. The number of likely N-dealkylation sites (tertiary alicyclic amines) is 1. The number of phenolic OH excluding ortho intramolecular Hbond substituents is 1. The highest BCUT2D eigenvalue weighted by molar-refractivity contribution is 6.37. The molecule has 28 heavy (non-hydrogen) atoms. The number of rotatable bonds is 4. The summed E-state index contributed by atoms with van der Waals surface area (Å²) in [5.41, 5.74) is 1.00. The predicted octanol–water partition coefficient (Wildman–Crippen LogP) is 4.59. The molecular formula is C21H20Cl2N2O3. The van der Waals surface area contributed by atoms with Crippen molar-refractivity contribution >= 4 is 46.8 Å². The zero-order valence-electron chi connectivity index (χ0n) is 15.1. The SMILES string of the molecule is O=C(Nc1ccccc1O)C1CCN(C(=O)/C=C/c2c(Cl)cccc2Cl)CC1. The molecule has 0 atom stereocenters. The molecule has 0 unspecified atom stereocenters. The van der Waals surface area contributed by atoms with Gasteiger partial charge in [0.25, 0.3) is 0 Å². The van der Waals surface area contributed by atoms with Crippen LogP contribution in [0.15, 0.2) is 48.5 Å². The van der Waals surface area contributed by atoms with E-state index in [1.807, 2.05) is 0 Å². The van der Waals surface area contributed by atoms with Gasteiger partial charge in [0, 0.05) is 40.7 Å². The number of nitrogens with one attached hydrogen (secondary N) is 1. The van der Waals surface area contributed by atoms with Crippen molar-refractivity contribution in [2.24, 2.45) is 5.92 Å². The maximum atomic E-state index is 12.4. The highest BCUT2D eigenvalue weighted by atomic mass is 35.5. The molecule has 2 N–H and O–H groups in total. The minimum Gasteiger partial charge on any atom is -0.506 e. The van der Waals surface area contributed by atoms with Crippen LogP contribution in [-0.2, 0) is 9.59 Å². The highest BCUT2D eigenvalue weighted by Crippen LogP contribution is 2.27.